The van der Waals surface area contributed by atoms with Crippen LogP contribution in [-0.4, -0.2) is 110 Å². The Bertz CT molecular complexity index is 804. The summed E-state index contributed by atoms with van der Waals surface area (Å²) in [4.78, 5) is 26.3. The number of piperidine rings is 1. The molecule has 0 spiro atoms. The average molecular weight is 628 g/mol. The first-order chi connectivity index (χ1) is 21.4. The van der Waals surface area contributed by atoms with Crippen LogP contribution in [-0.2, 0) is 41.6 Å². The second kappa shape index (κ2) is 30.8. The second-order valence-electron chi connectivity index (χ2n) is 9.96. The number of rotatable bonds is 17. The lowest BCUT2D eigenvalue weighted by molar-refractivity contribution is -0.130. The first kappa shape index (κ1) is 43.9. The van der Waals surface area contributed by atoms with E-state index in [9.17, 15) is 9.59 Å². The Morgan fingerprint density at radius 3 is 1.82 bits per heavy atom. The third-order valence-electron chi connectivity index (χ3n) is 6.49. The van der Waals surface area contributed by atoms with E-state index in [-0.39, 0.29) is 11.8 Å². The number of allylic oxidation sites excluding steroid dienone is 1. The number of carbonyl (C=O) groups is 2. The normalized spacial score (nSPS) is 16.5. The van der Waals surface area contributed by atoms with E-state index in [0.717, 1.165) is 23.6 Å². The molecule has 2 aliphatic heterocycles. The van der Waals surface area contributed by atoms with Gasteiger partial charge >= 0.3 is 0 Å². The Labute approximate surface area is 268 Å². The number of aldehydes is 1. The maximum absolute atomic E-state index is 12.1. The molecule has 2 saturated heterocycles. The predicted molar refractivity (Wildman–Crippen MR) is 177 cm³/mol. The third-order valence-corrected chi connectivity index (χ3v) is 6.49. The summed E-state index contributed by atoms with van der Waals surface area (Å²) in [6, 6.07) is 0. The molecule has 1 aromatic rings. The van der Waals surface area contributed by atoms with Crippen molar-refractivity contribution in [3.8, 4) is 0 Å². The van der Waals surface area contributed by atoms with Gasteiger partial charge in [0.1, 0.15) is 12.0 Å². The number of hydrogen-bond acceptors (Lipinski definition) is 9. The Hall–Kier alpha value is -2.18. The van der Waals surface area contributed by atoms with Crippen LogP contribution in [0.2, 0.25) is 0 Å². The molecule has 11 nitrogen and oxygen atoms in total. The van der Waals surface area contributed by atoms with Crippen molar-refractivity contribution in [2.75, 3.05) is 73.0 Å². The summed E-state index contributed by atoms with van der Waals surface area (Å²) in [5, 5.41) is 8.19. The number of amides is 1. The van der Waals surface area contributed by atoms with E-state index >= 15 is 0 Å². The highest BCUT2D eigenvalue weighted by molar-refractivity contribution is 5.83. The smallest absolute Gasteiger partial charge is 0.230 e. The van der Waals surface area contributed by atoms with Crippen molar-refractivity contribution >= 4 is 12.2 Å². The van der Waals surface area contributed by atoms with E-state index in [1.807, 2.05) is 54.7 Å². The van der Waals surface area contributed by atoms with Crippen LogP contribution in [0.15, 0.2) is 18.5 Å². The fraction of sp³-hybridized carbons (Fsp3) is 0.818. The molecule has 3 heterocycles. The summed E-state index contributed by atoms with van der Waals surface area (Å²) >= 11 is 0. The van der Waals surface area contributed by atoms with Gasteiger partial charge in [-0.2, -0.15) is 0 Å². The molecule has 11 heteroatoms. The molecule has 1 unspecified atom stereocenters. The van der Waals surface area contributed by atoms with Crippen molar-refractivity contribution in [3.63, 3.8) is 0 Å². The van der Waals surface area contributed by atoms with Gasteiger partial charge in [-0.25, -0.2) is 4.68 Å². The lowest BCUT2D eigenvalue weighted by atomic mass is 10.00. The van der Waals surface area contributed by atoms with Crippen molar-refractivity contribution < 1.29 is 28.5 Å². The monoisotopic (exact) mass is 627 g/mol. The summed E-state index contributed by atoms with van der Waals surface area (Å²) < 4.78 is 23.2. The van der Waals surface area contributed by atoms with Crippen LogP contribution in [0.1, 0.15) is 86.8 Å². The van der Waals surface area contributed by atoms with Gasteiger partial charge in [-0.1, -0.05) is 67.2 Å². The highest BCUT2D eigenvalue weighted by atomic mass is 16.6. The van der Waals surface area contributed by atoms with Gasteiger partial charge in [0, 0.05) is 18.0 Å². The summed E-state index contributed by atoms with van der Waals surface area (Å²) in [5.41, 5.74) is 1.56. The Morgan fingerprint density at radius 2 is 1.36 bits per heavy atom. The molecular weight excluding hydrogens is 562 g/mol. The van der Waals surface area contributed by atoms with Gasteiger partial charge in [0.25, 0.3) is 0 Å². The van der Waals surface area contributed by atoms with Crippen molar-refractivity contribution in [1.29, 1.82) is 0 Å². The molecule has 44 heavy (non-hydrogen) atoms. The Morgan fingerprint density at radius 1 is 0.864 bits per heavy atom. The molecule has 0 bridgehead atoms. The zero-order valence-corrected chi connectivity index (χ0v) is 29.5. The fourth-order valence-corrected chi connectivity index (χ4v) is 4.03. The van der Waals surface area contributed by atoms with Crippen LogP contribution in [0.4, 0.5) is 0 Å². The summed E-state index contributed by atoms with van der Waals surface area (Å²) in [6.07, 6.45) is 6.56. The minimum absolute atomic E-state index is 0.0111. The van der Waals surface area contributed by atoms with Gasteiger partial charge in [0.05, 0.1) is 72.1 Å². The van der Waals surface area contributed by atoms with Crippen LogP contribution in [0.3, 0.4) is 0 Å². The molecule has 0 radical (unpaired) electrons. The lowest BCUT2D eigenvalue weighted by Crippen LogP contribution is -2.28. The highest BCUT2D eigenvalue weighted by Crippen LogP contribution is 2.27. The molecule has 1 atom stereocenters. The van der Waals surface area contributed by atoms with Crippen molar-refractivity contribution in [1.82, 2.24) is 24.8 Å². The van der Waals surface area contributed by atoms with E-state index in [2.05, 4.69) is 35.8 Å². The molecule has 2 fully saturated rings. The number of nitrogens with zero attached hydrogens (tertiary/aromatic N) is 5. The van der Waals surface area contributed by atoms with Crippen LogP contribution >= 0.6 is 0 Å². The van der Waals surface area contributed by atoms with Gasteiger partial charge in [0.15, 0.2) is 0 Å². The van der Waals surface area contributed by atoms with Crippen LogP contribution in [0.5, 0.6) is 0 Å². The largest absolute Gasteiger partial charge is 0.379 e. The number of likely N-dealkylation sites (tertiary alicyclic amines) is 2. The van der Waals surface area contributed by atoms with E-state index < -0.39 is 0 Å². The minimum Gasteiger partial charge on any atom is -0.379 e. The lowest BCUT2D eigenvalue weighted by Gasteiger charge is -2.26. The van der Waals surface area contributed by atoms with E-state index in [1.54, 1.807) is 9.58 Å². The summed E-state index contributed by atoms with van der Waals surface area (Å²) in [7, 11) is 2.20. The topological polar surface area (TPSA) is 108 Å². The molecule has 1 aromatic heterocycles. The predicted octanol–water partition coefficient (Wildman–Crippen LogP) is 5.24. The van der Waals surface area contributed by atoms with Gasteiger partial charge < -0.3 is 33.5 Å². The summed E-state index contributed by atoms with van der Waals surface area (Å²) in [5.74, 6) is 1.06. The molecule has 1 amide bonds. The Balaban J connectivity index is 0. The molecule has 3 rings (SSSR count). The number of aromatic nitrogens is 3. The number of ether oxygens (including phenoxy) is 4. The average Bonchev–Trinajstić information content (AvgIpc) is 3.60. The summed E-state index contributed by atoms with van der Waals surface area (Å²) in [6.45, 7) is 27.6. The maximum atomic E-state index is 12.1. The van der Waals surface area contributed by atoms with Gasteiger partial charge in [0.2, 0.25) is 5.91 Å². The minimum atomic E-state index is -0.0111. The first-order valence-corrected chi connectivity index (χ1v) is 16.7. The van der Waals surface area contributed by atoms with E-state index in [0.29, 0.717) is 78.8 Å². The molecule has 0 N–H and O–H groups in total. The standard InChI is InChI=1S/C20H32N4O6.C7H15N.3C2H6/c1-17-14-18(2)24(20(17)26)16-19-15-23(22-21-19)4-7-28-9-11-30-13-12-29-10-8-27-6-3-5-25;1-7-3-5-8(2)6-4-7;3*1-2/h5,15,17H,2-4,6-14,16H2,1H3;7H,3-6H2,1-2H3;3*1-2H3. The van der Waals surface area contributed by atoms with Crippen molar-refractivity contribution in [3.05, 3.63) is 24.2 Å². The molecular formula is C33H65N5O6. The zero-order chi connectivity index (χ0) is 33.6. The van der Waals surface area contributed by atoms with E-state index in [4.69, 9.17) is 18.9 Å². The van der Waals surface area contributed by atoms with Crippen LogP contribution in [0.25, 0.3) is 0 Å². The van der Waals surface area contributed by atoms with Crippen LogP contribution < -0.4 is 0 Å². The molecule has 258 valence electrons. The van der Waals surface area contributed by atoms with Crippen molar-refractivity contribution in [2.24, 2.45) is 11.8 Å². The number of hydrogen-bond donors (Lipinski definition) is 0. The molecule has 0 aliphatic carbocycles. The van der Waals surface area contributed by atoms with Crippen molar-refractivity contribution in [2.45, 2.75) is 94.2 Å². The van der Waals surface area contributed by atoms with Gasteiger partial charge in [-0.3, -0.25) is 4.79 Å². The molecule has 2 aliphatic rings. The van der Waals surface area contributed by atoms with Gasteiger partial charge in [-0.15, -0.1) is 5.10 Å². The maximum Gasteiger partial charge on any atom is 0.230 e. The SMILES string of the molecule is C=C1CC(C)C(=O)N1Cc1cn(CCOCCOCCOCCOCCC=O)nn1.CC.CC.CC.CC1CCN(C)CC1. The quantitative estimate of drug-likeness (QED) is 0.169. The van der Waals surface area contributed by atoms with E-state index in [1.165, 1.54) is 25.9 Å². The first-order valence-electron chi connectivity index (χ1n) is 16.7. The molecule has 0 saturated carbocycles. The second-order valence-corrected chi connectivity index (χ2v) is 9.96. The van der Waals surface area contributed by atoms with Gasteiger partial charge in [-0.05, 0) is 45.3 Å². The zero-order valence-electron chi connectivity index (χ0n) is 29.5. The molecule has 0 aromatic carbocycles. The highest BCUT2D eigenvalue weighted by Gasteiger charge is 2.31. The third kappa shape index (κ3) is 21.5. The van der Waals surface area contributed by atoms with Crippen LogP contribution in [0, 0.1) is 11.8 Å². The fourth-order valence-electron chi connectivity index (χ4n) is 4.03. The number of carbonyl (C=O) groups excluding carboxylic acids is 2. The Kier molecular flexibility index (Phi) is 30.8.